The molecule has 2 N–H and O–H groups in total. The third-order valence-electron chi connectivity index (χ3n) is 10.3. The first-order valence-electron chi connectivity index (χ1n) is 12.6. The summed E-state index contributed by atoms with van der Waals surface area (Å²) in [5, 5.41) is 21.3. The molecule has 0 aromatic carbocycles. The van der Waals surface area contributed by atoms with Crippen LogP contribution in [0.4, 0.5) is 0 Å². The highest BCUT2D eigenvalue weighted by Crippen LogP contribution is 2.82. The van der Waals surface area contributed by atoms with Crippen molar-refractivity contribution in [1.29, 1.82) is 0 Å². The molecule has 3 saturated carbocycles. The second kappa shape index (κ2) is 8.00. The topological polar surface area (TPSA) is 93.1 Å². The van der Waals surface area contributed by atoms with Gasteiger partial charge in [-0.2, -0.15) is 0 Å². The van der Waals surface area contributed by atoms with E-state index < -0.39 is 34.6 Å². The Balaban J connectivity index is 1.58. The monoisotopic (exact) mass is 572 g/mol. The molecule has 184 valence electrons. The van der Waals surface area contributed by atoms with Gasteiger partial charge in [-0.1, -0.05) is 61.4 Å². The number of allylic oxidation sites excluding steroid dienone is 1. The van der Waals surface area contributed by atoms with Crippen molar-refractivity contribution in [3.63, 3.8) is 0 Å². The third kappa shape index (κ3) is 2.88. The number of hydrogen-bond donors (Lipinski definition) is 2. The molecule has 33 heavy (non-hydrogen) atoms. The maximum atomic E-state index is 13.4. The highest BCUT2D eigenvalue weighted by atomic mass is 127. The lowest BCUT2D eigenvalue weighted by Crippen LogP contribution is -2.63. The molecule has 4 aliphatic carbocycles. The molecule has 11 atom stereocenters. The molecule has 7 heteroatoms. The maximum absolute atomic E-state index is 13.4. The molecular weight excluding hydrogens is 535 g/mol. The standard InChI is InChI=1S/C26H37IO6/c1-13(2)19-7-16-9-24(11-28)18-6-5-14(3)17(18)10-25(16,26(19,24)23(30)31)12-32-21-8-20(27)22(29)15(4)33-21/h7,11,13-18,20-22,29H,5-6,8-10,12H2,1-4H3,(H,30,31)/t14?,15-,16?,17?,18?,20+,21-,22+,24?,25?,26?/m1/s1. The van der Waals surface area contributed by atoms with Crippen molar-refractivity contribution in [3.05, 3.63) is 11.6 Å². The molecule has 0 radical (unpaired) electrons. The van der Waals surface area contributed by atoms with Gasteiger partial charge >= 0.3 is 5.97 Å². The Labute approximate surface area is 210 Å². The number of alkyl halides is 1. The minimum atomic E-state index is -1.21. The van der Waals surface area contributed by atoms with Gasteiger partial charge in [0.15, 0.2) is 6.29 Å². The molecule has 1 saturated heterocycles. The van der Waals surface area contributed by atoms with E-state index in [1.54, 1.807) is 0 Å². The Kier molecular flexibility index (Phi) is 5.87. The Morgan fingerprint density at radius 2 is 2.06 bits per heavy atom. The van der Waals surface area contributed by atoms with Crippen LogP contribution in [-0.2, 0) is 19.1 Å². The van der Waals surface area contributed by atoms with Crippen molar-refractivity contribution in [2.75, 3.05) is 6.61 Å². The second-order valence-corrected chi connectivity index (χ2v) is 13.4. The Morgan fingerprint density at radius 3 is 2.67 bits per heavy atom. The van der Waals surface area contributed by atoms with E-state index >= 15 is 0 Å². The summed E-state index contributed by atoms with van der Waals surface area (Å²) < 4.78 is 12.4. The molecule has 1 aliphatic heterocycles. The van der Waals surface area contributed by atoms with Gasteiger partial charge in [0.1, 0.15) is 11.7 Å². The van der Waals surface area contributed by atoms with Crippen LogP contribution in [-0.4, -0.2) is 51.5 Å². The van der Waals surface area contributed by atoms with E-state index in [4.69, 9.17) is 9.47 Å². The first-order valence-corrected chi connectivity index (χ1v) is 13.8. The summed E-state index contributed by atoms with van der Waals surface area (Å²) in [5.74, 6) is 0.190. The van der Waals surface area contributed by atoms with Crippen LogP contribution >= 0.6 is 22.6 Å². The van der Waals surface area contributed by atoms with Crippen LogP contribution in [0.5, 0.6) is 0 Å². The van der Waals surface area contributed by atoms with Crippen molar-refractivity contribution in [3.8, 4) is 0 Å². The number of rotatable bonds is 6. The van der Waals surface area contributed by atoms with E-state index in [-0.39, 0.29) is 34.4 Å². The summed E-state index contributed by atoms with van der Waals surface area (Å²) in [5.41, 5.74) is -1.78. The number of carbonyl (C=O) groups excluding carboxylic acids is 1. The number of fused-ring (bicyclic) bond motifs is 2. The molecule has 1 heterocycles. The van der Waals surface area contributed by atoms with Crippen molar-refractivity contribution in [2.45, 2.75) is 82.2 Å². The Hall–Kier alpha value is -0.510. The van der Waals surface area contributed by atoms with Gasteiger partial charge in [0.25, 0.3) is 0 Å². The number of carbonyl (C=O) groups is 2. The number of aliphatic hydroxyl groups excluding tert-OH is 1. The highest BCUT2D eigenvalue weighted by molar-refractivity contribution is 14.1. The van der Waals surface area contributed by atoms with E-state index in [2.05, 4.69) is 49.4 Å². The van der Waals surface area contributed by atoms with E-state index in [0.29, 0.717) is 24.7 Å². The Morgan fingerprint density at radius 1 is 1.33 bits per heavy atom. The quantitative estimate of drug-likeness (QED) is 0.214. The van der Waals surface area contributed by atoms with E-state index in [0.717, 1.165) is 31.1 Å². The number of hydrogen-bond acceptors (Lipinski definition) is 5. The smallest absolute Gasteiger partial charge is 0.315 e. The predicted octanol–water partition coefficient (Wildman–Crippen LogP) is 4.23. The van der Waals surface area contributed by atoms with E-state index in [9.17, 15) is 19.8 Å². The van der Waals surface area contributed by atoms with Crippen LogP contribution < -0.4 is 0 Å². The number of halogens is 1. The number of aliphatic hydroxyl groups is 1. The summed E-state index contributed by atoms with van der Waals surface area (Å²) in [6, 6.07) is 0. The van der Waals surface area contributed by atoms with Crippen LogP contribution in [0.25, 0.3) is 0 Å². The van der Waals surface area contributed by atoms with Crippen molar-refractivity contribution < 1.29 is 29.3 Å². The molecular formula is C26H37IO6. The SMILES string of the molecule is CC(C)C1=CC2CC3(C=O)C4CCC(C)C4CC2(CO[C@H]2C[C@H](I)[C@@H](O)[C@@H](C)O2)C13C(=O)O. The fourth-order valence-electron chi connectivity index (χ4n) is 8.98. The van der Waals surface area contributed by atoms with Gasteiger partial charge in [0.2, 0.25) is 0 Å². The molecule has 4 bridgehead atoms. The van der Waals surface area contributed by atoms with Crippen molar-refractivity contribution in [1.82, 2.24) is 0 Å². The predicted molar refractivity (Wildman–Crippen MR) is 131 cm³/mol. The first kappa shape index (κ1) is 24.2. The Bertz CT molecular complexity index is 861. The zero-order valence-electron chi connectivity index (χ0n) is 20.0. The maximum Gasteiger partial charge on any atom is 0.315 e. The summed E-state index contributed by atoms with van der Waals surface area (Å²) in [7, 11) is 0. The summed E-state index contributed by atoms with van der Waals surface area (Å²) in [4.78, 5) is 26.5. The first-order chi connectivity index (χ1) is 15.6. The summed E-state index contributed by atoms with van der Waals surface area (Å²) in [6.45, 7) is 8.51. The fraction of sp³-hybridized carbons (Fsp3) is 0.846. The number of carboxylic acid groups (broad SMARTS) is 1. The minimum Gasteiger partial charge on any atom is -0.481 e. The molecule has 5 rings (SSSR count). The molecule has 0 aromatic heterocycles. The van der Waals surface area contributed by atoms with Gasteiger partial charge < -0.3 is 24.5 Å². The molecule has 5 aliphatic rings. The van der Waals surface area contributed by atoms with Crippen LogP contribution in [0.3, 0.4) is 0 Å². The molecule has 0 amide bonds. The lowest BCUT2D eigenvalue weighted by Gasteiger charge is -2.58. The van der Waals surface area contributed by atoms with Crippen LogP contribution in [0.15, 0.2) is 11.6 Å². The van der Waals surface area contributed by atoms with Gasteiger partial charge in [0.05, 0.1) is 24.2 Å². The molecule has 0 spiro atoms. The second-order valence-electron chi connectivity index (χ2n) is 11.8. The zero-order chi connectivity index (χ0) is 23.9. The summed E-state index contributed by atoms with van der Waals surface area (Å²) >= 11 is 2.24. The largest absolute Gasteiger partial charge is 0.481 e. The van der Waals surface area contributed by atoms with E-state index in [1.807, 2.05) is 6.92 Å². The number of aliphatic carboxylic acids is 1. The van der Waals surface area contributed by atoms with Gasteiger partial charge in [-0.25, -0.2) is 0 Å². The molecule has 6 nitrogen and oxygen atoms in total. The van der Waals surface area contributed by atoms with Gasteiger partial charge in [0, 0.05) is 15.8 Å². The summed E-state index contributed by atoms with van der Waals surface area (Å²) in [6.07, 6.45) is 5.87. The molecule has 4 fully saturated rings. The van der Waals surface area contributed by atoms with Gasteiger partial charge in [-0.3, -0.25) is 4.79 Å². The number of ether oxygens (including phenoxy) is 2. The van der Waals surface area contributed by atoms with Crippen LogP contribution in [0.1, 0.15) is 59.8 Å². The normalized spacial score (nSPS) is 52.6. The van der Waals surface area contributed by atoms with Gasteiger partial charge in [-0.05, 0) is 55.8 Å². The number of aldehydes is 1. The van der Waals surface area contributed by atoms with Crippen LogP contribution in [0, 0.1) is 45.8 Å². The average molecular weight is 572 g/mol. The molecule has 7 unspecified atom stereocenters. The lowest BCUT2D eigenvalue weighted by atomic mass is 9.43. The van der Waals surface area contributed by atoms with Crippen molar-refractivity contribution >= 4 is 34.8 Å². The zero-order valence-corrected chi connectivity index (χ0v) is 22.2. The van der Waals surface area contributed by atoms with Crippen LogP contribution in [0.2, 0.25) is 0 Å². The van der Waals surface area contributed by atoms with Gasteiger partial charge in [-0.15, -0.1) is 0 Å². The van der Waals surface area contributed by atoms with Crippen molar-refractivity contribution in [2.24, 2.45) is 45.8 Å². The lowest BCUT2D eigenvalue weighted by molar-refractivity contribution is -0.240. The highest BCUT2D eigenvalue weighted by Gasteiger charge is 2.84. The van der Waals surface area contributed by atoms with E-state index in [1.165, 1.54) is 0 Å². The fourth-order valence-corrected chi connectivity index (χ4v) is 9.98. The number of carboxylic acids is 1. The third-order valence-corrected chi connectivity index (χ3v) is 11.5. The average Bonchev–Trinajstić information content (AvgIpc) is 3.33. The molecule has 0 aromatic rings. The minimum absolute atomic E-state index is 0.0200.